The predicted octanol–water partition coefficient (Wildman–Crippen LogP) is 24.4. The molecule has 2 atom stereocenters. The minimum Gasteiger partial charge on any atom is -0.545 e. The first-order chi connectivity index (χ1) is 46.1. The summed E-state index contributed by atoms with van der Waals surface area (Å²) in [5.74, 6) is -2.26. The fraction of sp³-hybridized carbons (Fsp3) is 0.800. The van der Waals surface area contributed by atoms with Gasteiger partial charge < -0.3 is 33.3 Å². The standard InChI is InChI=1S/C85H153NO8/c1-6-8-10-12-14-16-18-20-22-24-26-28-30-32-34-36-38-40-41-42-43-44-46-48-50-52-54-56-58-60-62-64-66-68-70-72-74-76-83(88)94-81(80-93-85(84(89)90)91-78-77-86(3,4)5)79-92-82(87)75-73-71-69-67-65-63-61-59-57-55-53-51-49-47-45-39-37-35-33-31-29-27-25-23-21-19-17-15-13-11-9-7-2/h8,10,14,16,20,22,26,28,32,34,38,40,42-43,81,85H,6-7,9,11-13,15,17-19,21,23-25,27,29-31,33,35-37,39,41,44-80H2,1-5H3/b10-8-,16-14-,22-20-,28-26-,34-32-,40-38-,43-42-. The summed E-state index contributed by atoms with van der Waals surface area (Å²) in [5, 5.41) is 11.9. The number of likely N-dealkylation sites (N-methyl/N-ethyl adjacent to an activating group) is 1. The molecule has 0 aliphatic heterocycles. The van der Waals surface area contributed by atoms with E-state index in [-0.39, 0.29) is 32.2 Å². The van der Waals surface area contributed by atoms with Crippen LogP contribution in [-0.4, -0.2) is 82.3 Å². The monoisotopic (exact) mass is 1320 g/mol. The Hall–Kier alpha value is -3.53. The first-order valence-corrected chi connectivity index (χ1v) is 40.2. The lowest BCUT2D eigenvalue weighted by atomic mass is 10.0. The third kappa shape index (κ3) is 75.8. The largest absolute Gasteiger partial charge is 0.545 e. The first-order valence-electron chi connectivity index (χ1n) is 40.2. The van der Waals surface area contributed by atoms with Crippen LogP contribution in [0.3, 0.4) is 0 Å². The van der Waals surface area contributed by atoms with Gasteiger partial charge in [0.2, 0.25) is 0 Å². The summed E-state index contributed by atoms with van der Waals surface area (Å²) in [6, 6.07) is 0. The van der Waals surface area contributed by atoms with E-state index in [0.29, 0.717) is 23.9 Å². The van der Waals surface area contributed by atoms with E-state index in [1.165, 1.54) is 263 Å². The van der Waals surface area contributed by atoms with Gasteiger partial charge in [-0.15, -0.1) is 0 Å². The molecule has 0 heterocycles. The van der Waals surface area contributed by atoms with Gasteiger partial charge in [-0.1, -0.05) is 381 Å². The molecule has 94 heavy (non-hydrogen) atoms. The Balaban J connectivity index is 4.01. The maximum Gasteiger partial charge on any atom is 0.306 e. The molecule has 0 saturated carbocycles. The predicted molar refractivity (Wildman–Crippen MR) is 403 cm³/mol. The van der Waals surface area contributed by atoms with Crippen LogP contribution in [0.4, 0.5) is 0 Å². The van der Waals surface area contributed by atoms with Gasteiger partial charge in [0.25, 0.3) is 0 Å². The van der Waals surface area contributed by atoms with Crippen molar-refractivity contribution in [3.8, 4) is 0 Å². The molecule has 0 amide bonds. The molecular formula is C85H153NO8. The lowest BCUT2D eigenvalue weighted by molar-refractivity contribution is -0.870. The summed E-state index contributed by atoms with van der Waals surface area (Å²) in [6.45, 7) is 4.70. The number of hydrogen-bond acceptors (Lipinski definition) is 8. The van der Waals surface area contributed by atoms with E-state index in [1.807, 2.05) is 21.1 Å². The van der Waals surface area contributed by atoms with Crippen molar-refractivity contribution in [2.45, 2.75) is 392 Å². The van der Waals surface area contributed by atoms with Crippen molar-refractivity contribution in [2.75, 3.05) is 47.5 Å². The summed E-state index contributed by atoms with van der Waals surface area (Å²) in [4.78, 5) is 37.6. The highest BCUT2D eigenvalue weighted by atomic mass is 16.7. The van der Waals surface area contributed by atoms with Crippen LogP contribution in [0, 0.1) is 0 Å². The van der Waals surface area contributed by atoms with Crippen molar-refractivity contribution in [3.63, 3.8) is 0 Å². The molecule has 2 unspecified atom stereocenters. The molecule has 0 rings (SSSR count). The van der Waals surface area contributed by atoms with Gasteiger partial charge >= 0.3 is 11.9 Å². The van der Waals surface area contributed by atoms with Crippen molar-refractivity contribution in [2.24, 2.45) is 0 Å². The molecule has 0 N–H and O–H groups in total. The Morgan fingerprint density at radius 2 is 0.606 bits per heavy atom. The number of esters is 2. The van der Waals surface area contributed by atoms with Crippen LogP contribution in [0.1, 0.15) is 380 Å². The Morgan fingerprint density at radius 1 is 0.330 bits per heavy atom. The summed E-state index contributed by atoms with van der Waals surface area (Å²) in [5.41, 5.74) is 0. The van der Waals surface area contributed by atoms with E-state index in [0.717, 1.165) is 83.5 Å². The van der Waals surface area contributed by atoms with Crippen LogP contribution in [0.15, 0.2) is 85.1 Å². The average molecular weight is 1320 g/mol. The van der Waals surface area contributed by atoms with Gasteiger partial charge in [0, 0.05) is 12.8 Å². The zero-order valence-corrected chi connectivity index (χ0v) is 62.6. The number of carboxylic acid groups (broad SMARTS) is 1. The molecule has 0 aliphatic carbocycles. The molecule has 9 nitrogen and oxygen atoms in total. The Morgan fingerprint density at radius 3 is 0.904 bits per heavy atom. The number of unbranched alkanes of at least 4 members (excludes halogenated alkanes) is 46. The lowest BCUT2D eigenvalue weighted by Crippen LogP contribution is -2.44. The molecule has 0 aromatic heterocycles. The maximum absolute atomic E-state index is 13.0. The van der Waals surface area contributed by atoms with Gasteiger partial charge in [-0.2, -0.15) is 0 Å². The molecule has 0 saturated heterocycles. The highest BCUT2D eigenvalue weighted by Gasteiger charge is 2.22. The van der Waals surface area contributed by atoms with Crippen molar-refractivity contribution in [3.05, 3.63) is 85.1 Å². The molecule has 0 bridgehead atoms. The third-order valence-electron chi connectivity index (χ3n) is 17.9. The molecule has 0 spiro atoms. The van der Waals surface area contributed by atoms with Crippen molar-refractivity contribution >= 4 is 17.9 Å². The summed E-state index contributed by atoms with van der Waals surface area (Å²) >= 11 is 0. The topological polar surface area (TPSA) is 111 Å². The van der Waals surface area contributed by atoms with Crippen molar-refractivity contribution in [1.82, 2.24) is 0 Å². The number of ether oxygens (including phenoxy) is 4. The number of aliphatic carboxylic acids is 1. The second-order valence-electron chi connectivity index (χ2n) is 28.3. The van der Waals surface area contributed by atoms with Crippen LogP contribution < -0.4 is 5.11 Å². The fourth-order valence-electron chi connectivity index (χ4n) is 11.8. The van der Waals surface area contributed by atoms with E-state index in [2.05, 4.69) is 98.9 Å². The normalized spacial score (nSPS) is 13.1. The minimum absolute atomic E-state index is 0.148. The molecule has 0 aromatic carbocycles. The Kier molecular flexibility index (Phi) is 72.4. The third-order valence-corrected chi connectivity index (χ3v) is 17.9. The number of quaternary nitrogens is 1. The second kappa shape index (κ2) is 75.2. The van der Waals surface area contributed by atoms with Crippen molar-refractivity contribution in [1.29, 1.82) is 0 Å². The molecular weight excluding hydrogens is 1160 g/mol. The number of nitrogens with zero attached hydrogens (tertiary/aromatic N) is 1. The summed E-state index contributed by atoms with van der Waals surface area (Å²) < 4.78 is 22.9. The molecule has 0 radical (unpaired) electrons. The zero-order valence-electron chi connectivity index (χ0n) is 62.6. The summed E-state index contributed by atoms with van der Waals surface area (Å²) in [7, 11) is 5.95. The minimum atomic E-state index is -1.62. The van der Waals surface area contributed by atoms with Gasteiger partial charge in [0.15, 0.2) is 12.4 Å². The highest BCUT2D eigenvalue weighted by molar-refractivity contribution is 5.70. The average Bonchev–Trinajstić information content (AvgIpc) is 3.75. The second-order valence-corrected chi connectivity index (χ2v) is 28.3. The highest BCUT2D eigenvalue weighted by Crippen LogP contribution is 2.19. The number of rotatable bonds is 75. The van der Waals surface area contributed by atoms with Gasteiger partial charge in [-0.05, 0) is 70.6 Å². The lowest BCUT2D eigenvalue weighted by Gasteiger charge is -2.26. The molecule has 0 fully saturated rings. The smallest absolute Gasteiger partial charge is 0.306 e. The quantitative estimate of drug-likeness (QED) is 0.0195. The number of hydrogen-bond donors (Lipinski definition) is 0. The van der Waals surface area contributed by atoms with E-state index < -0.39 is 24.3 Å². The zero-order chi connectivity index (χ0) is 68.2. The molecule has 0 aromatic rings. The van der Waals surface area contributed by atoms with E-state index in [4.69, 9.17) is 18.9 Å². The number of carbonyl (C=O) groups is 3. The van der Waals surface area contributed by atoms with Crippen molar-refractivity contribution < 1.29 is 42.9 Å². The van der Waals surface area contributed by atoms with E-state index in [1.54, 1.807) is 0 Å². The van der Waals surface area contributed by atoms with Crippen LogP contribution in [0.5, 0.6) is 0 Å². The van der Waals surface area contributed by atoms with E-state index in [9.17, 15) is 19.5 Å². The Bertz CT molecular complexity index is 1820. The SMILES string of the molecule is CC/C=C\C/C=C\C/C=C\C/C=C\C/C=C\C/C=C\C/C=C\CCCCCCCCCCCCCCCCCC(=O)OC(COC(=O)CCCCCCCCCCCCCCCCCCCCCCCCCCCCCCCCCC)COC(OCC[N+](C)(C)C)C(=O)[O-]. The number of allylic oxidation sites excluding steroid dienone is 14. The Labute approximate surface area is 582 Å². The fourth-order valence-corrected chi connectivity index (χ4v) is 11.8. The maximum atomic E-state index is 13.0. The number of carbonyl (C=O) groups excluding carboxylic acids is 3. The van der Waals surface area contributed by atoms with Gasteiger partial charge in [-0.25, -0.2) is 0 Å². The van der Waals surface area contributed by atoms with Gasteiger partial charge in [0.1, 0.15) is 13.2 Å². The molecule has 0 aliphatic rings. The summed E-state index contributed by atoms with van der Waals surface area (Å²) in [6.07, 6.45) is 99.9. The van der Waals surface area contributed by atoms with Crippen LogP contribution >= 0.6 is 0 Å². The molecule has 546 valence electrons. The van der Waals surface area contributed by atoms with Gasteiger partial charge in [-0.3, -0.25) is 9.59 Å². The number of carboxylic acids is 1. The first kappa shape index (κ1) is 90.5. The van der Waals surface area contributed by atoms with E-state index >= 15 is 0 Å². The van der Waals surface area contributed by atoms with Crippen LogP contribution in [0.25, 0.3) is 0 Å². The molecule has 9 heteroatoms. The van der Waals surface area contributed by atoms with Crippen LogP contribution in [0.2, 0.25) is 0 Å². The van der Waals surface area contributed by atoms with Crippen LogP contribution in [-0.2, 0) is 33.3 Å². The van der Waals surface area contributed by atoms with Gasteiger partial charge in [0.05, 0.1) is 40.3 Å².